The predicted molar refractivity (Wildman–Crippen MR) is 106 cm³/mol. The maximum absolute atomic E-state index is 11.7. The number of thiophene rings is 1. The Morgan fingerprint density at radius 3 is 2.63 bits per heavy atom. The van der Waals surface area contributed by atoms with Crippen molar-refractivity contribution in [2.45, 2.75) is 45.6 Å². The lowest BCUT2D eigenvalue weighted by Crippen LogP contribution is -2.39. The van der Waals surface area contributed by atoms with Crippen molar-refractivity contribution < 1.29 is 27.9 Å². The molecule has 0 saturated carbocycles. The van der Waals surface area contributed by atoms with E-state index in [4.69, 9.17) is 9.90 Å². The zero-order chi connectivity index (χ0) is 22.3. The molecule has 30 heavy (non-hydrogen) atoms. The van der Waals surface area contributed by atoms with Crippen LogP contribution in [0.25, 0.3) is 0 Å². The van der Waals surface area contributed by atoms with Crippen molar-refractivity contribution in [2.24, 2.45) is 5.92 Å². The number of rotatable bonds is 6. The summed E-state index contributed by atoms with van der Waals surface area (Å²) in [5.41, 5.74) is 1.26. The highest BCUT2D eigenvalue weighted by Crippen LogP contribution is 2.25. The Hall–Kier alpha value is -2.40. The van der Waals surface area contributed by atoms with Crippen LogP contribution in [-0.4, -0.2) is 50.9 Å². The largest absolute Gasteiger partial charge is 0.490 e. The summed E-state index contributed by atoms with van der Waals surface area (Å²) in [6.45, 7) is 7.44. The summed E-state index contributed by atoms with van der Waals surface area (Å²) in [5.74, 6) is -2.60. The molecular formula is C19H25F3N4O3S. The molecule has 0 spiro atoms. The third-order valence-corrected chi connectivity index (χ3v) is 5.32. The van der Waals surface area contributed by atoms with Gasteiger partial charge in [-0.05, 0) is 23.9 Å². The first-order valence-corrected chi connectivity index (χ1v) is 10.3. The van der Waals surface area contributed by atoms with Crippen LogP contribution in [0.4, 0.5) is 13.2 Å². The highest BCUT2D eigenvalue weighted by Gasteiger charge is 2.38. The number of aliphatic carboxylic acids is 1. The van der Waals surface area contributed by atoms with Crippen molar-refractivity contribution in [3.8, 4) is 0 Å². The lowest BCUT2D eigenvalue weighted by atomic mass is 10.1. The minimum absolute atomic E-state index is 0.0388. The standard InChI is InChI=1S/C17H24N4OS.C2HF3O2/c1-13(2)17(22)18-7-5-14-10-20(12-16-4-3-9-23-16)11-15-6-8-19-21(14)15;3-2(4,5)1(6)7/h3-4,6,8-9,13-14H,5,7,10-12H2,1-2H3,(H,18,22);(H,6,7). The Morgan fingerprint density at radius 2 is 2.07 bits per heavy atom. The summed E-state index contributed by atoms with van der Waals surface area (Å²) < 4.78 is 33.9. The Kier molecular flexibility index (Phi) is 8.42. The van der Waals surface area contributed by atoms with Gasteiger partial charge in [0.15, 0.2) is 0 Å². The van der Waals surface area contributed by atoms with E-state index in [9.17, 15) is 18.0 Å². The molecule has 1 atom stereocenters. The number of carboxylic acid groups (broad SMARTS) is 1. The molecule has 0 fully saturated rings. The van der Waals surface area contributed by atoms with Crippen LogP contribution < -0.4 is 5.32 Å². The number of hydrogen-bond acceptors (Lipinski definition) is 5. The Labute approximate surface area is 176 Å². The number of carboxylic acids is 1. The minimum Gasteiger partial charge on any atom is -0.475 e. The molecule has 1 aliphatic heterocycles. The second-order valence-corrected chi connectivity index (χ2v) is 8.24. The van der Waals surface area contributed by atoms with Gasteiger partial charge in [-0.1, -0.05) is 19.9 Å². The van der Waals surface area contributed by atoms with Gasteiger partial charge in [0, 0.05) is 43.2 Å². The molecule has 3 heterocycles. The molecule has 3 rings (SSSR count). The van der Waals surface area contributed by atoms with Gasteiger partial charge in [0.1, 0.15) is 0 Å². The van der Waals surface area contributed by atoms with Crippen LogP contribution in [0, 0.1) is 5.92 Å². The van der Waals surface area contributed by atoms with E-state index in [1.54, 1.807) is 11.3 Å². The molecular weight excluding hydrogens is 421 g/mol. The van der Waals surface area contributed by atoms with Crippen molar-refractivity contribution in [2.75, 3.05) is 13.1 Å². The summed E-state index contributed by atoms with van der Waals surface area (Å²) in [6, 6.07) is 6.71. The number of carbonyl (C=O) groups is 2. The maximum Gasteiger partial charge on any atom is 0.490 e. The third kappa shape index (κ3) is 7.13. The first-order valence-electron chi connectivity index (χ1n) is 9.43. The van der Waals surface area contributed by atoms with Crippen LogP contribution >= 0.6 is 11.3 Å². The number of halogens is 3. The number of amides is 1. The molecule has 0 aliphatic carbocycles. The molecule has 1 amide bonds. The van der Waals surface area contributed by atoms with Crippen LogP contribution in [0.15, 0.2) is 29.8 Å². The van der Waals surface area contributed by atoms with Gasteiger partial charge in [-0.15, -0.1) is 11.3 Å². The van der Waals surface area contributed by atoms with E-state index in [1.165, 1.54) is 10.6 Å². The van der Waals surface area contributed by atoms with Gasteiger partial charge >= 0.3 is 12.1 Å². The van der Waals surface area contributed by atoms with Crippen LogP contribution in [-0.2, 0) is 22.7 Å². The quantitative estimate of drug-likeness (QED) is 0.711. The Bertz CT molecular complexity index is 821. The van der Waals surface area contributed by atoms with Gasteiger partial charge in [-0.25, -0.2) is 4.79 Å². The maximum atomic E-state index is 11.7. The molecule has 2 aromatic rings. The number of aromatic nitrogens is 2. The molecule has 1 unspecified atom stereocenters. The van der Waals surface area contributed by atoms with Gasteiger partial charge in [0.05, 0.1) is 11.7 Å². The predicted octanol–water partition coefficient (Wildman–Crippen LogP) is 3.30. The summed E-state index contributed by atoms with van der Waals surface area (Å²) in [5, 5.41) is 16.8. The van der Waals surface area contributed by atoms with Crippen molar-refractivity contribution in [1.82, 2.24) is 20.0 Å². The monoisotopic (exact) mass is 446 g/mol. The van der Waals surface area contributed by atoms with E-state index in [2.05, 4.69) is 43.6 Å². The first kappa shape index (κ1) is 23.9. The molecule has 166 valence electrons. The highest BCUT2D eigenvalue weighted by atomic mass is 32.1. The highest BCUT2D eigenvalue weighted by molar-refractivity contribution is 7.09. The minimum atomic E-state index is -5.08. The van der Waals surface area contributed by atoms with Crippen molar-refractivity contribution in [3.63, 3.8) is 0 Å². The summed E-state index contributed by atoms with van der Waals surface area (Å²) in [6.07, 6.45) is -2.29. The van der Waals surface area contributed by atoms with Crippen LogP contribution in [0.5, 0.6) is 0 Å². The van der Waals surface area contributed by atoms with E-state index < -0.39 is 12.1 Å². The summed E-state index contributed by atoms with van der Waals surface area (Å²) in [4.78, 5) is 24.5. The van der Waals surface area contributed by atoms with E-state index in [0.717, 1.165) is 26.1 Å². The molecule has 0 bridgehead atoms. The second kappa shape index (κ2) is 10.6. The zero-order valence-electron chi connectivity index (χ0n) is 16.7. The van der Waals surface area contributed by atoms with E-state index >= 15 is 0 Å². The number of alkyl halides is 3. The molecule has 0 saturated heterocycles. The number of fused-ring (bicyclic) bond motifs is 1. The van der Waals surface area contributed by atoms with Crippen LogP contribution in [0.1, 0.15) is 36.9 Å². The fourth-order valence-electron chi connectivity index (χ4n) is 2.99. The lowest BCUT2D eigenvalue weighted by Gasteiger charge is -2.33. The Morgan fingerprint density at radius 1 is 1.37 bits per heavy atom. The second-order valence-electron chi connectivity index (χ2n) is 7.21. The molecule has 0 aromatic carbocycles. The van der Waals surface area contributed by atoms with Gasteiger partial charge in [0.25, 0.3) is 0 Å². The fraction of sp³-hybridized carbons (Fsp3) is 0.526. The Balaban J connectivity index is 0.000000396. The number of nitrogens with one attached hydrogen (secondary N) is 1. The number of hydrogen-bond donors (Lipinski definition) is 2. The molecule has 11 heteroatoms. The first-order chi connectivity index (χ1) is 14.1. The zero-order valence-corrected chi connectivity index (χ0v) is 17.5. The number of nitrogens with zero attached hydrogens (tertiary/aromatic N) is 3. The molecule has 7 nitrogen and oxygen atoms in total. The van der Waals surface area contributed by atoms with Crippen LogP contribution in [0.3, 0.4) is 0 Å². The summed E-state index contributed by atoms with van der Waals surface area (Å²) in [7, 11) is 0. The molecule has 1 aliphatic rings. The van der Waals surface area contributed by atoms with Gasteiger partial charge in [-0.3, -0.25) is 14.4 Å². The summed E-state index contributed by atoms with van der Waals surface area (Å²) >= 11 is 1.81. The smallest absolute Gasteiger partial charge is 0.475 e. The topological polar surface area (TPSA) is 87.5 Å². The van der Waals surface area contributed by atoms with E-state index in [1.807, 2.05) is 20.0 Å². The normalized spacial score (nSPS) is 16.5. The average molecular weight is 446 g/mol. The van der Waals surface area contributed by atoms with E-state index in [0.29, 0.717) is 12.6 Å². The fourth-order valence-corrected chi connectivity index (χ4v) is 3.73. The van der Waals surface area contributed by atoms with Crippen molar-refractivity contribution >= 4 is 23.2 Å². The molecule has 0 radical (unpaired) electrons. The molecule has 2 N–H and O–H groups in total. The SMILES string of the molecule is CC(C)C(=O)NCCC1CN(Cc2cccs2)Cc2ccnn21.O=C(O)C(F)(F)F. The van der Waals surface area contributed by atoms with Crippen molar-refractivity contribution in [3.05, 3.63) is 40.3 Å². The van der Waals surface area contributed by atoms with Gasteiger partial charge in [0.2, 0.25) is 5.91 Å². The third-order valence-electron chi connectivity index (χ3n) is 4.46. The van der Waals surface area contributed by atoms with Gasteiger partial charge < -0.3 is 10.4 Å². The average Bonchev–Trinajstić information content (AvgIpc) is 3.33. The number of carbonyl (C=O) groups excluding carboxylic acids is 1. The van der Waals surface area contributed by atoms with E-state index in [-0.39, 0.29) is 11.8 Å². The lowest BCUT2D eigenvalue weighted by molar-refractivity contribution is -0.192. The van der Waals surface area contributed by atoms with Crippen molar-refractivity contribution in [1.29, 1.82) is 0 Å². The van der Waals surface area contributed by atoms with Gasteiger partial charge in [-0.2, -0.15) is 18.3 Å². The molecule has 2 aromatic heterocycles. The van der Waals surface area contributed by atoms with Crippen LogP contribution in [0.2, 0.25) is 0 Å².